The Morgan fingerprint density at radius 3 is 2.46 bits per heavy atom. The number of carboxylic acid groups (broad SMARTS) is 1. The number of nitrogens with zero attached hydrogens (tertiary/aromatic N) is 1. The number of allylic oxidation sites excluding steroid dienone is 4. The molecule has 0 saturated carbocycles. The first kappa shape index (κ1) is 28.2. The van der Waals surface area contributed by atoms with Gasteiger partial charge < -0.3 is 30.1 Å². The van der Waals surface area contributed by atoms with E-state index >= 15 is 0 Å². The third-order valence-electron chi connectivity index (χ3n) is 7.70. The number of aliphatic hydroxyl groups excluding tert-OH is 1. The van der Waals surface area contributed by atoms with E-state index in [1.54, 1.807) is 0 Å². The summed E-state index contributed by atoms with van der Waals surface area (Å²) in [4.78, 5) is 26.9. The first-order valence-corrected chi connectivity index (χ1v) is 13.3. The Labute approximate surface area is 228 Å². The highest BCUT2D eigenvalue weighted by Crippen LogP contribution is 2.47. The van der Waals surface area contributed by atoms with Crippen molar-refractivity contribution in [3.8, 4) is 17.2 Å². The molecule has 8 heteroatoms. The topological polar surface area (TPSA) is 128 Å². The number of aromatic hydroxyl groups is 2. The summed E-state index contributed by atoms with van der Waals surface area (Å²) in [6, 6.07) is 5.74. The lowest BCUT2D eigenvalue weighted by Crippen LogP contribution is -2.49. The second-order valence-corrected chi connectivity index (χ2v) is 11.0. The summed E-state index contributed by atoms with van der Waals surface area (Å²) < 4.78 is 6.40. The molecule has 3 atom stereocenters. The van der Waals surface area contributed by atoms with Crippen molar-refractivity contribution in [1.82, 2.24) is 4.90 Å². The highest BCUT2D eigenvalue weighted by atomic mass is 16.5. The number of carbonyl (C=O) groups is 2. The minimum Gasteiger partial charge on any atom is -0.508 e. The number of carboxylic acids is 1. The molecular formula is C31H37NO7. The van der Waals surface area contributed by atoms with E-state index in [0.717, 1.165) is 12.8 Å². The van der Waals surface area contributed by atoms with E-state index in [1.165, 1.54) is 46.4 Å². The van der Waals surface area contributed by atoms with E-state index in [1.807, 2.05) is 6.92 Å². The number of ether oxygens (including phenoxy) is 1. The molecule has 1 amide bonds. The monoisotopic (exact) mass is 535 g/mol. The molecule has 0 fully saturated rings. The zero-order chi connectivity index (χ0) is 28.5. The van der Waals surface area contributed by atoms with Gasteiger partial charge in [0, 0.05) is 17.5 Å². The third-order valence-corrected chi connectivity index (χ3v) is 7.70. The molecule has 0 spiro atoms. The molecule has 4 N–H and O–H groups in total. The van der Waals surface area contributed by atoms with Crippen molar-refractivity contribution in [2.24, 2.45) is 0 Å². The van der Waals surface area contributed by atoms with Crippen LogP contribution in [0.1, 0.15) is 86.5 Å². The highest BCUT2D eigenvalue weighted by molar-refractivity contribution is 6.02. The number of hydrogen-bond acceptors (Lipinski definition) is 6. The van der Waals surface area contributed by atoms with E-state index < -0.39 is 29.6 Å². The average Bonchev–Trinajstić information content (AvgIpc) is 3.17. The van der Waals surface area contributed by atoms with Gasteiger partial charge in [-0.3, -0.25) is 4.79 Å². The van der Waals surface area contributed by atoms with Gasteiger partial charge in [0.25, 0.3) is 5.91 Å². The zero-order valence-electron chi connectivity index (χ0n) is 22.9. The van der Waals surface area contributed by atoms with Crippen molar-refractivity contribution in [2.45, 2.75) is 84.1 Å². The van der Waals surface area contributed by atoms with Gasteiger partial charge in [0.2, 0.25) is 0 Å². The van der Waals surface area contributed by atoms with Gasteiger partial charge in [-0.15, -0.1) is 0 Å². The van der Waals surface area contributed by atoms with E-state index in [2.05, 4.69) is 32.9 Å². The zero-order valence-corrected chi connectivity index (χ0v) is 22.9. The molecule has 2 aliphatic rings. The predicted molar refractivity (Wildman–Crippen MR) is 147 cm³/mol. The normalized spacial score (nSPS) is 21.2. The molecule has 2 heterocycles. The van der Waals surface area contributed by atoms with Crippen LogP contribution in [-0.4, -0.2) is 48.9 Å². The van der Waals surface area contributed by atoms with Crippen LogP contribution in [0.3, 0.4) is 0 Å². The average molecular weight is 536 g/mol. The smallest absolute Gasteiger partial charge is 0.331 e. The molecular weight excluding hydrogens is 498 g/mol. The van der Waals surface area contributed by atoms with Gasteiger partial charge in [0.05, 0.1) is 18.2 Å². The van der Waals surface area contributed by atoms with Gasteiger partial charge >= 0.3 is 5.97 Å². The number of phenolic OH excluding ortho intramolecular Hbond substituents is 2. The molecule has 2 aromatic rings. The Bertz CT molecular complexity index is 1320. The maximum atomic E-state index is 13.4. The quantitative estimate of drug-likeness (QED) is 0.316. The van der Waals surface area contributed by atoms with Gasteiger partial charge in [0.15, 0.2) is 6.04 Å². The first-order valence-electron chi connectivity index (χ1n) is 13.3. The molecule has 0 aromatic heterocycles. The van der Waals surface area contributed by atoms with Crippen molar-refractivity contribution in [3.05, 3.63) is 75.9 Å². The lowest BCUT2D eigenvalue weighted by Gasteiger charge is -2.41. The number of benzene rings is 2. The second-order valence-electron chi connectivity index (χ2n) is 11.0. The Kier molecular flexibility index (Phi) is 8.07. The van der Waals surface area contributed by atoms with Gasteiger partial charge in [-0.25, -0.2) is 4.79 Å². The Morgan fingerprint density at radius 1 is 1.13 bits per heavy atom. The molecule has 39 heavy (non-hydrogen) atoms. The SMILES string of the molecule is CC(C)=CCCC(C)=CCCC1(C)Oc2c(c(O)cc3c2CN([C@H](C(=O)O)c2ccc(O)cc2)C3=O)CC1O. The van der Waals surface area contributed by atoms with Crippen LogP contribution in [0.5, 0.6) is 17.2 Å². The molecule has 0 bridgehead atoms. The highest BCUT2D eigenvalue weighted by Gasteiger charge is 2.46. The van der Waals surface area contributed by atoms with Crippen molar-refractivity contribution in [2.75, 3.05) is 0 Å². The first-order chi connectivity index (χ1) is 18.4. The maximum absolute atomic E-state index is 13.4. The Morgan fingerprint density at radius 2 is 1.82 bits per heavy atom. The van der Waals surface area contributed by atoms with Gasteiger partial charge in [-0.05, 0) is 77.1 Å². The minimum absolute atomic E-state index is 0.0120. The second kappa shape index (κ2) is 11.1. The molecule has 2 aromatic carbocycles. The minimum atomic E-state index is -1.29. The lowest BCUT2D eigenvalue weighted by atomic mass is 9.84. The summed E-state index contributed by atoms with van der Waals surface area (Å²) in [5.41, 5.74) is 3.04. The molecule has 0 aliphatic carbocycles. The van der Waals surface area contributed by atoms with Crippen LogP contribution in [-0.2, 0) is 17.8 Å². The maximum Gasteiger partial charge on any atom is 0.331 e. The number of aliphatic hydroxyl groups is 1. The Hall–Kier alpha value is -3.78. The van der Waals surface area contributed by atoms with Gasteiger partial charge in [-0.1, -0.05) is 35.4 Å². The van der Waals surface area contributed by atoms with E-state index in [9.17, 15) is 30.0 Å². The summed E-state index contributed by atoms with van der Waals surface area (Å²) in [6.07, 6.45) is 6.80. The van der Waals surface area contributed by atoms with Gasteiger partial charge in [-0.2, -0.15) is 0 Å². The van der Waals surface area contributed by atoms with Crippen LogP contribution < -0.4 is 4.74 Å². The van der Waals surface area contributed by atoms with Crippen LogP contribution >= 0.6 is 0 Å². The number of hydrogen-bond donors (Lipinski definition) is 4. The molecule has 0 saturated heterocycles. The van der Waals surface area contributed by atoms with E-state index in [4.69, 9.17) is 4.74 Å². The summed E-state index contributed by atoms with van der Waals surface area (Å²) in [5, 5.41) is 41.4. The fraction of sp³-hybridized carbons (Fsp3) is 0.419. The number of fused-ring (bicyclic) bond motifs is 3. The van der Waals surface area contributed by atoms with E-state index in [-0.39, 0.29) is 30.0 Å². The molecule has 208 valence electrons. The largest absolute Gasteiger partial charge is 0.508 e. The van der Waals surface area contributed by atoms with Crippen molar-refractivity contribution < 1.29 is 34.8 Å². The van der Waals surface area contributed by atoms with Crippen LogP contribution in [0.25, 0.3) is 0 Å². The standard InChI is InChI=1S/C31H37NO7/c1-18(2)7-5-8-19(3)9-6-14-31(4)26(35)16-23-25(34)15-22-24(28(23)39-31)17-32(29(22)36)27(30(37)38)20-10-12-21(33)13-11-20/h7,9-13,15,26-27,33-35H,5-6,8,14,16-17H2,1-4H3,(H,37,38)/t26?,27-,31?/m0/s1. The summed E-state index contributed by atoms with van der Waals surface area (Å²) in [5.74, 6) is -1.58. The summed E-state index contributed by atoms with van der Waals surface area (Å²) in [6.45, 7) is 8.05. The van der Waals surface area contributed by atoms with Gasteiger partial charge in [0.1, 0.15) is 22.8 Å². The lowest BCUT2D eigenvalue weighted by molar-refractivity contribution is -0.142. The molecule has 2 aliphatic heterocycles. The number of phenols is 2. The van der Waals surface area contributed by atoms with Crippen molar-refractivity contribution in [3.63, 3.8) is 0 Å². The summed E-state index contributed by atoms with van der Waals surface area (Å²) >= 11 is 0. The molecule has 4 rings (SSSR count). The van der Waals surface area contributed by atoms with Crippen molar-refractivity contribution in [1.29, 1.82) is 0 Å². The van der Waals surface area contributed by atoms with Crippen molar-refractivity contribution >= 4 is 11.9 Å². The molecule has 2 unspecified atom stereocenters. The summed E-state index contributed by atoms with van der Waals surface area (Å²) in [7, 11) is 0. The number of amides is 1. The predicted octanol–water partition coefficient (Wildman–Crippen LogP) is 5.41. The van der Waals surface area contributed by atoms with Crippen LogP contribution in [0.4, 0.5) is 0 Å². The number of rotatable bonds is 9. The van der Waals surface area contributed by atoms with Crippen LogP contribution in [0.2, 0.25) is 0 Å². The number of carbonyl (C=O) groups excluding carboxylic acids is 1. The molecule has 0 radical (unpaired) electrons. The number of aliphatic carboxylic acids is 1. The van der Waals surface area contributed by atoms with E-state index in [0.29, 0.717) is 35.3 Å². The fourth-order valence-corrected chi connectivity index (χ4v) is 5.34. The third kappa shape index (κ3) is 5.81. The van der Waals surface area contributed by atoms with Crippen LogP contribution in [0, 0.1) is 0 Å². The fourth-order valence-electron chi connectivity index (χ4n) is 5.34. The molecule has 8 nitrogen and oxygen atoms in total. The van der Waals surface area contributed by atoms with Crippen LogP contribution in [0.15, 0.2) is 53.6 Å². The Balaban J connectivity index is 1.59.